The van der Waals surface area contributed by atoms with Crippen LogP contribution in [0.1, 0.15) is 0 Å². The molecule has 4 aromatic rings. The van der Waals surface area contributed by atoms with Crippen molar-refractivity contribution < 1.29 is 0 Å². The standard InChI is InChI=1S/C13H9N7/c1-2-5-9(6-3-1)10-11(12-15-18-19-16-12)17-20-8-4-7-14-13(10)20/h1-8H,(H,15,16,18,19). The Hall–Kier alpha value is -3.09. The molecule has 0 unspecified atom stereocenters. The van der Waals surface area contributed by atoms with Crippen LogP contribution in [-0.4, -0.2) is 35.2 Å². The Morgan fingerprint density at radius 3 is 2.75 bits per heavy atom. The van der Waals surface area contributed by atoms with E-state index >= 15 is 0 Å². The van der Waals surface area contributed by atoms with Gasteiger partial charge in [-0.2, -0.15) is 5.10 Å². The number of rotatable bonds is 2. The summed E-state index contributed by atoms with van der Waals surface area (Å²) in [4.78, 5) is 4.41. The molecule has 1 N–H and O–H groups in total. The fourth-order valence-corrected chi connectivity index (χ4v) is 2.18. The molecule has 0 atom stereocenters. The van der Waals surface area contributed by atoms with Crippen LogP contribution in [0.15, 0.2) is 48.8 Å². The normalized spacial score (nSPS) is 11.0. The van der Waals surface area contributed by atoms with Crippen molar-refractivity contribution in [3.8, 4) is 22.6 Å². The molecule has 0 aliphatic heterocycles. The quantitative estimate of drug-likeness (QED) is 0.593. The van der Waals surface area contributed by atoms with Crippen molar-refractivity contribution in [2.75, 3.05) is 0 Å². The number of aromatic amines is 1. The molecular formula is C13H9N7. The van der Waals surface area contributed by atoms with Crippen LogP contribution in [0.5, 0.6) is 0 Å². The van der Waals surface area contributed by atoms with Crippen molar-refractivity contribution in [1.29, 1.82) is 0 Å². The molecule has 0 bridgehead atoms. The van der Waals surface area contributed by atoms with Gasteiger partial charge in [0.2, 0.25) is 5.82 Å². The van der Waals surface area contributed by atoms with Crippen molar-refractivity contribution >= 4 is 5.65 Å². The van der Waals surface area contributed by atoms with E-state index in [4.69, 9.17) is 0 Å². The van der Waals surface area contributed by atoms with Crippen LogP contribution in [0.2, 0.25) is 0 Å². The minimum Gasteiger partial charge on any atom is -0.237 e. The summed E-state index contributed by atoms with van der Waals surface area (Å²) in [6.45, 7) is 0. The largest absolute Gasteiger partial charge is 0.237 e. The van der Waals surface area contributed by atoms with E-state index in [-0.39, 0.29) is 0 Å². The SMILES string of the molecule is c1ccc(-c2c(-c3nnn[nH]3)nn3cccnc23)cc1. The van der Waals surface area contributed by atoms with Crippen LogP contribution < -0.4 is 0 Å². The lowest BCUT2D eigenvalue weighted by Crippen LogP contribution is -1.87. The maximum absolute atomic E-state index is 4.51. The molecule has 0 saturated heterocycles. The van der Waals surface area contributed by atoms with Crippen LogP contribution >= 0.6 is 0 Å². The molecule has 96 valence electrons. The van der Waals surface area contributed by atoms with Crippen molar-refractivity contribution in [2.24, 2.45) is 0 Å². The van der Waals surface area contributed by atoms with Crippen LogP contribution in [0.3, 0.4) is 0 Å². The van der Waals surface area contributed by atoms with Gasteiger partial charge in [-0.1, -0.05) is 30.3 Å². The Labute approximate surface area is 113 Å². The summed E-state index contributed by atoms with van der Waals surface area (Å²) in [5.41, 5.74) is 3.38. The van der Waals surface area contributed by atoms with Gasteiger partial charge < -0.3 is 0 Å². The van der Waals surface area contributed by atoms with Crippen LogP contribution in [0.25, 0.3) is 28.3 Å². The second kappa shape index (κ2) is 4.23. The molecular weight excluding hydrogens is 254 g/mol. The van der Waals surface area contributed by atoms with Crippen molar-refractivity contribution in [2.45, 2.75) is 0 Å². The van der Waals surface area contributed by atoms with Gasteiger partial charge >= 0.3 is 0 Å². The number of benzene rings is 1. The van der Waals surface area contributed by atoms with E-state index in [1.54, 1.807) is 10.7 Å². The molecule has 7 nitrogen and oxygen atoms in total. The fourth-order valence-electron chi connectivity index (χ4n) is 2.18. The average molecular weight is 263 g/mol. The minimum absolute atomic E-state index is 0.523. The summed E-state index contributed by atoms with van der Waals surface area (Å²) in [6.07, 6.45) is 3.59. The van der Waals surface area contributed by atoms with Crippen molar-refractivity contribution in [3.05, 3.63) is 48.8 Å². The predicted molar refractivity (Wildman–Crippen MR) is 71.6 cm³/mol. The molecule has 0 spiro atoms. The van der Waals surface area contributed by atoms with Crippen LogP contribution in [0, 0.1) is 0 Å². The van der Waals surface area contributed by atoms with E-state index in [9.17, 15) is 0 Å². The third-order valence-electron chi connectivity index (χ3n) is 3.03. The zero-order valence-corrected chi connectivity index (χ0v) is 10.3. The monoisotopic (exact) mass is 263 g/mol. The number of tetrazole rings is 1. The Morgan fingerprint density at radius 1 is 1.05 bits per heavy atom. The molecule has 0 amide bonds. The second-order valence-corrected chi connectivity index (χ2v) is 4.23. The lowest BCUT2D eigenvalue weighted by atomic mass is 10.1. The average Bonchev–Trinajstić information content (AvgIpc) is 3.15. The number of fused-ring (bicyclic) bond motifs is 1. The molecule has 0 fully saturated rings. The van der Waals surface area contributed by atoms with E-state index in [0.717, 1.165) is 16.8 Å². The van der Waals surface area contributed by atoms with E-state index in [0.29, 0.717) is 11.5 Å². The molecule has 7 heteroatoms. The Kier molecular flexibility index (Phi) is 2.28. The summed E-state index contributed by atoms with van der Waals surface area (Å²) in [7, 11) is 0. The van der Waals surface area contributed by atoms with E-state index in [1.165, 1.54) is 0 Å². The number of nitrogens with one attached hydrogen (secondary N) is 1. The molecule has 0 aliphatic rings. The maximum atomic E-state index is 4.51. The highest BCUT2D eigenvalue weighted by Crippen LogP contribution is 2.31. The molecule has 4 rings (SSSR count). The van der Waals surface area contributed by atoms with Gasteiger partial charge in [0.25, 0.3) is 0 Å². The van der Waals surface area contributed by atoms with Gasteiger partial charge in [0.05, 0.1) is 5.56 Å². The van der Waals surface area contributed by atoms with Gasteiger partial charge in [0.1, 0.15) is 5.69 Å². The Morgan fingerprint density at radius 2 is 1.95 bits per heavy atom. The van der Waals surface area contributed by atoms with Crippen molar-refractivity contribution in [3.63, 3.8) is 0 Å². The summed E-state index contributed by atoms with van der Waals surface area (Å²) in [5, 5.41) is 18.4. The summed E-state index contributed by atoms with van der Waals surface area (Å²) < 4.78 is 1.72. The third-order valence-corrected chi connectivity index (χ3v) is 3.03. The van der Waals surface area contributed by atoms with Gasteiger partial charge in [-0.15, -0.1) is 5.10 Å². The molecule has 3 aromatic heterocycles. The van der Waals surface area contributed by atoms with Gasteiger partial charge in [0, 0.05) is 12.4 Å². The number of nitrogens with zero attached hydrogens (tertiary/aromatic N) is 6. The number of aromatic nitrogens is 7. The number of hydrogen-bond acceptors (Lipinski definition) is 5. The summed E-state index contributed by atoms with van der Waals surface area (Å²) in [6, 6.07) is 11.8. The van der Waals surface area contributed by atoms with Gasteiger partial charge in [-0.3, -0.25) is 0 Å². The Bertz CT molecular complexity index is 849. The number of H-pyrrole nitrogens is 1. The van der Waals surface area contributed by atoms with Gasteiger partial charge in [-0.05, 0) is 22.1 Å². The topological polar surface area (TPSA) is 84.6 Å². The third kappa shape index (κ3) is 1.57. The van der Waals surface area contributed by atoms with E-state index < -0.39 is 0 Å². The van der Waals surface area contributed by atoms with Gasteiger partial charge in [-0.25, -0.2) is 14.6 Å². The zero-order valence-electron chi connectivity index (χ0n) is 10.3. The lowest BCUT2D eigenvalue weighted by molar-refractivity contribution is 0.881. The first-order valence-electron chi connectivity index (χ1n) is 6.06. The van der Waals surface area contributed by atoms with Crippen LogP contribution in [-0.2, 0) is 0 Å². The first kappa shape index (κ1) is 10.8. The summed E-state index contributed by atoms with van der Waals surface area (Å²) >= 11 is 0. The highest BCUT2D eigenvalue weighted by Gasteiger charge is 2.19. The molecule has 0 radical (unpaired) electrons. The first-order valence-corrected chi connectivity index (χ1v) is 6.06. The molecule has 1 aromatic carbocycles. The summed E-state index contributed by atoms with van der Waals surface area (Å²) in [5.74, 6) is 0.523. The highest BCUT2D eigenvalue weighted by molar-refractivity contribution is 5.88. The van der Waals surface area contributed by atoms with Crippen molar-refractivity contribution in [1.82, 2.24) is 35.2 Å². The molecule has 20 heavy (non-hydrogen) atoms. The molecule has 3 heterocycles. The lowest BCUT2D eigenvalue weighted by Gasteiger charge is -2.00. The second-order valence-electron chi connectivity index (χ2n) is 4.23. The maximum Gasteiger partial charge on any atom is 0.200 e. The smallest absolute Gasteiger partial charge is 0.200 e. The highest BCUT2D eigenvalue weighted by atomic mass is 15.5. The molecule has 0 aliphatic carbocycles. The zero-order chi connectivity index (χ0) is 13.4. The predicted octanol–water partition coefficient (Wildman–Crippen LogP) is 1.58. The first-order chi connectivity index (χ1) is 9.93. The molecule has 0 saturated carbocycles. The minimum atomic E-state index is 0.523. The number of hydrogen-bond donors (Lipinski definition) is 1. The van der Waals surface area contributed by atoms with E-state index in [2.05, 4.69) is 30.7 Å². The van der Waals surface area contributed by atoms with E-state index in [1.807, 2.05) is 42.6 Å². The van der Waals surface area contributed by atoms with Crippen LogP contribution in [0.4, 0.5) is 0 Å². The Balaban J connectivity index is 2.09. The fraction of sp³-hybridized carbons (Fsp3) is 0. The van der Waals surface area contributed by atoms with Gasteiger partial charge in [0.15, 0.2) is 5.65 Å².